The summed E-state index contributed by atoms with van der Waals surface area (Å²) >= 11 is 0. The lowest BCUT2D eigenvalue weighted by Gasteiger charge is -2.19. The molecule has 2 aromatic rings. The van der Waals surface area contributed by atoms with E-state index in [1.165, 1.54) is 18.3 Å². The van der Waals surface area contributed by atoms with Crippen molar-refractivity contribution in [1.29, 1.82) is 0 Å². The third-order valence-electron chi connectivity index (χ3n) is 2.78. The highest BCUT2D eigenvalue weighted by Crippen LogP contribution is 2.25. The Labute approximate surface area is 139 Å². The Morgan fingerprint density at radius 1 is 1.17 bits per heavy atom. The van der Waals surface area contributed by atoms with Crippen LogP contribution in [0.2, 0.25) is 0 Å². The number of pyridine rings is 1. The summed E-state index contributed by atoms with van der Waals surface area (Å²) in [6, 6.07) is 9.52. The molecule has 0 aliphatic heterocycles. The fraction of sp³-hybridized carbons (Fsp3) is 0.250. The molecule has 0 saturated heterocycles. The number of carbonyl (C=O) groups excluding carboxylic acids is 1. The first-order chi connectivity index (χ1) is 11.2. The van der Waals surface area contributed by atoms with E-state index >= 15 is 0 Å². The molecule has 8 heteroatoms. The molecule has 0 saturated carbocycles. The third-order valence-corrected chi connectivity index (χ3v) is 2.78. The number of hydrogen-bond acceptors (Lipinski definition) is 6. The molecule has 0 radical (unpaired) electrons. The van der Waals surface area contributed by atoms with Gasteiger partial charge >= 0.3 is 11.8 Å². The zero-order valence-electron chi connectivity index (χ0n) is 13.6. The van der Waals surface area contributed by atoms with E-state index in [4.69, 9.17) is 4.74 Å². The van der Waals surface area contributed by atoms with Gasteiger partial charge in [0.15, 0.2) is 0 Å². The number of nitrogens with one attached hydrogen (secondary N) is 2. The number of rotatable bonds is 4. The quantitative estimate of drug-likeness (QED) is 0.646. The normalized spacial score (nSPS) is 10.8. The molecule has 0 fully saturated rings. The summed E-state index contributed by atoms with van der Waals surface area (Å²) in [6.45, 7) is 5.33. The van der Waals surface area contributed by atoms with Crippen molar-refractivity contribution in [3.05, 3.63) is 52.7 Å². The highest BCUT2D eigenvalue weighted by molar-refractivity contribution is 5.85. The number of ether oxygens (including phenoxy) is 1. The number of anilines is 3. The Kier molecular flexibility index (Phi) is 4.98. The molecule has 24 heavy (non-hydrogen) atoms. The first-order valence-corrected chi connectivity index (χ1v) is 7.21. The fourth-order valence-electron chi connectivity index (χ4n) is 1.84. The van der Waals surface area contributed by atoms with Crippen LogP contribution in [0, 0.1) is 10.1 Å². The Balaban J connectivity index is 2.05. The van der Waals surface area contributed by atoms with Crippen molar-refractivity contribution < 1.29 is 14.5 Å². The van der Waals surface area contributed by atoms with Crippen molar-refractivity contribution >= 4 is 29.0 Å². The molecular formula is C16H18N4O4. The fourth-order valence-corrected chi connectivity index (χ4v) is 1.84. The molecule has 1 amide bonds. The summed E-state index contributed by atoms with van der Waals surface area (Å²) in [5.41, 5.74) is 0.453. The maximum absolute atomic E-state index is 11.7. The Bertz CT molecular complexity index is 738. The molecule has 126 valence electrons. The molecule has 2 rings (SSSR count). The van der Waals surface area contributed by atoms with Gasteiger partial charge in [-0.3, -0.25) is 15.4 Å². The number of nitrogens with zero attached hydrogens (tertiary/aromatic N) is 2. The van der Waals surface area contributed by atoms with Gasteiger partial charge in [0.25, 0.3) is 0 Å². The minimum Gasteiger partial charge on any atom is -0.444 e. The minimum atomic E-state index is -0.580. The Hall–Kier alpha value is -3.16. The zero-order valence-corrected chi connectivity index (χ0v) is 13.6. The van der Waals surface area contributed by atoms with E-state index in [2.05, 4.69) is 15.6 Å². The molecule has 1 aromatic heterocycles. The Morgan fingerprint density at radius 3 is 2.38 bits per heavy atom. The molecule has 0 aliphatic carbocycles. The smallest absolute Gasteiger partial charge is 0.412 e. The van der Waals surface area contributed by atoms with Gasteiger partial charge in [-0.05, 0) is 51.1 Å². The predicted octanol–water partition coefficient (Wildman–Crippen LogP) is 4.08. The van der Waals surface area contributed by atoms with Crippen LogP contribution in [0.1, 0.15) is 20.8 Å². The average molecular weight is 330 g/mol. The summed E-state index contributed by atoms with van der Waals surface area (Å²) in [7, 11) is 0. The molecule has 8 nitrogen and oxygen atoms in total. The van der Waals surface area contributed by atoms with Crippen molar-refractivity contribution in [2.24, 2.45) is 0 Å². The van der Waals surface area contributed by atoms with E-state index in [9.17, 15) is 14.9 Å². The van der Waals surface area contributed by atoms with Gasteiger partial charge < -0.3 is 10.1 Å². The second-order valence-corrected chi connectivity index (χ2v) is 5.96. The van der Waals surface area contributed by atoms with Gasteiger partial charge in [0.1, 0.15) is 5.60 Å². The van der Waals surface area contributed by atoms with Gasteiger partial charge in [0.2, 0.25) is 5.82 Å². The summed E-state index contributed by atoms with van der Waals surface area (Å²) < 4.78 is 5.16. The standard InChI is InChI=1S/C16H18N4O4/c1-16(2,3)24-15(21)19-12-8-6-11(7-9-12)18-14-13(20(22)23)5-4-10-17-14/h4-10H,1-3H3,(H,17,18)(H,19,21). The van der Waals surface area contributed by atoms with Crippen LogP contribution < -0.4 is 10.6 Å². The monoisotopic (exact) mass is 330 g/mol. The van der Waals surface area contributed by atoms with E-state index in [1.807, 2.05) is 0 Å². The van der Waals surface area contributed by atoms with Crippen molar-refractivity contribution in [3.8, 4) is 0 Å². The largest absolute Gasteiger partial charge is 0.444 e. The van der Waals surface area contributed by atoms with Crippen molar-refractivity contribution in [1.82, 2.24) is 4.98 Å². The highest BCUT2D eigenvalue weighted by atomic mass is 16.6. The van der Waals surface area contributed by atoms with Crippen LogP contribution in [0.5, 0.6) is 0 Å². The van der Waals surface area contributed by atoms with Crippen LogP contribution in [-0.4, -0.2) is 21.6 Å². The molecule has 1 aromatic carbocycles. The first kappa shape index (κ1) is 17.2. The minimum absolute atomic E-state index is 0.117. The van der Waals surface area contributed by atoms with Crippen LogP contribution in [-0.2, 0) is 4.74 Å². The lowest BCUT2D eigenvalue weighted by Crippen LogP contribution is -2.27. The second kappa shape index (κ2) is 6.95. The number of hydrogen-bond donors (Lipinski definition) is 2. The van der Waals surface area contributed by atoms with E-state index < -0.39 is 16.6 Å². The summed E-state index contributed by atoms with van der Waals surface area (Å²) in [6.07, 6.45) is 0.914. The number of nitro groups is 1. The van der Waals surface area contributed by atoms with Crippen LogP contribution in [0.25, 0.3) is 0 Å². The number of benzene rings is 1. The van der Waals surface area contributed by atoms with Crippen molar-refractivity contribution in [2.45, 2.75) is 26.4 Å². The molecule has 0 spiro atoms. The van der Waals surface area contributed by atoms with Gasteiger partial charge in [-0.2, -0.15) is 0 Å². The van der Waals surface area contributed by atoms with Gasteiger partial charge in [0, 0.05) is 23.6 Å². The SMILES string of the molecule is CC(C)(C)OC(=O)Nc1ccc(Nc2ncccc2[N+](=O)[O-])cc1. The maximum atomic E-state index is 11.7. The second-order valence-electron chi connectivity index (χ2n) is 5.96. The molecule has 0 aliphatic rings. The van der Waals surface area contributed by atoms with Gasteiger partial charge in [0.05, 0.1) is 4.92 Å². The lowest BCUT2D eigenvalue weighted by atomic mass is 10.2. The van der Waals surface area contributed by atoms with E-state index in [1.54, 1.807) is 45.0 Å². The van der Waals surface area contributed by atoms with Gasteiger partial charge in [-0.15, -0.1) is 0 Å². The predicted molar refractivity (Wildman–Crippen MR) is 90.5 cm³/mol. The van der Waals surface area contributed by atoms with E-state index in [-0.39, 0.29) is 11.5 Å². The highest BCUT2D eigenvalue weighted by Gasteiger charge is 2.16. The van der Waals surface area contributed by atoms with E-state index in [0.717, 1.165) is 0 Å². The number of amides is 1. The number of aromatic nitrogens is 1. The molecule has 0 bridgehead atoms. The van der Waals surface area contributed by atoms with Crippen molar-refractivity contribution in [3.63, 3.8) is 0 Å². The molecule has 1 heterocycles. The molecule has 2 N–H and O–H groups in total. The Morgan fingerprint density at radius 2 is 1.79 bits per heavy atom. The summed E-state index contributed by atoms with van der Waals surface area (Å²) in [4.78, 5) is 26.1. The van der Waals surface area contributed by atoms with Crippen LogP contribution in [0.3, 0.4) is 0 Å². The number of carbonyl (C=O) groups is 1. The first-order valence-electron chi connectivity index (χ1n) is 7.21. The molecule has 0 unspecified atom stereocenters. The summed E-state index contributed by atoms with van der Waals surface area (Å²) in [5, 5.41) is 16.4. The van der Waals surface area contributed by atoms with Crippen molar-refractivity contribution in [2.75, 3.05) is 10.6 Å². The zero-order chi connectivity index (χ0) is 17.7. The van der Waals surface area contributed by atoms with Crippen LogP contribution in [0.4, 0.5) is 27.7 Å². The lowest BCUT2D eigenvalue weighted by molar-refractivity contribution is -0.384. The van der Waals surface area contributed by atoms with Crippen LogP contribution in [0.15, 0.2) is 42.6 Å². The third kappa shape index (κ3) is 4.94. The van der Waals surface area contributed by atoms with Gasteiger partial charge in [-0.1, -0.05) is 0 Å². The molecule has 0 atom stereocenters. The summed E-state index contributed by atoms with van der Waals surface area (Å²) in [5.74, 6) is 0.148. The maximum Gasteiger partial charge on any atom is 0.412 e. The molecular weight excluding hydrogens is 312 g/mol. The average Bonchev–Trinajstić information content (AvgIpc) is 2.47. The van der Waals surface area contributed by atoms with Gasteiger partial charge in [-0.25, -0.2) is 9.78 Å². The van der Waals surface area contributed by atoms with Crippen LogP contribution >= 0.6 is 0 Å². The van der Waals surface area contributed by atoms with E-state index in [0.29, 0.717) is 11.4 Å². The topological polar surface area (TPSA) is 106 Å².